The van der Waals surface area contributed by atoms with Gasteiger partial charge in [-0.3, -0.25) is 4.79 Å². The van der Waals surface area contributed by atoms with Gasteiger partial charge in [-0.2, -0.15) is 0 Å². The highest BCUT2D eigenvalue weighted by atomic mass is 127. The van der Waals surface area contributed by atoms with Crippen molar-refractivity contribution >= 4 is 41.5 Å². The Morgan fingerprint density at radius 1 is 1.28 bits per heavy atom. The van der Waals surface area contributed by atoms with E-state index in [1.807, 2.05) is 25.1 Å². The first kappa shape index (κ1) is 23.5. The van der Waals surface area contributed by atoms with Crippen molar-refractivity contribution in [3.05, 3.63) is 24.3 Å². The van der Waals surface area contributed by atoms with E-state index < -0.39 is 0 Å². The number of nitrogens with one attached hydrogen (secondary N) is 3. The first-order valence-electron chi connectivity index (χ1n) is 8.47. The zero-order chi connectivity index (χ0) is 17.9. The summed E-state index contributed by atoms with van der Waals surface area (Å²) >= 11 is 0. The molecular weight excluding hydrogens is 431 g/mol. The maximum atomic E-state index is 11.1. The van der Waals surface area contributed by atoms with Gasteiger partial charge in [0.25, 0.3) is 0 Å². The topological polar surface area (TPSA) is 74.8 Å². The van der Waals surface area contributed by atoms with Crippen molar-refractivity contribution in [1.82, 2.24) is 10.6 Å². The third-order valence-electron chi connectivity index (χ3n) is 3.49. The largest absolute Gasteiger partial charge is 0.492 e. The number of nitrogens with zero attached hydrogens (tertiary/aromatic N) is 1. The van der Waals surface area contributed by atoms with Crippen molar-refractivity contribution in [3.8, 4) is 5.75 Å². The summed E-state index contributed by atoms with van der Waals surface area (Å²) in [6.45, 7) is 11.8. The predicted molar refractivity (Wildman–Crippen MR) is 115 cm³/mol. The lowest BCUT2D eigenvalue weighted by Crippen LogP contribution is -2.44. The number of amides is 1. The van der Waals surface area contributed by atoms with E-state index in [2.05, 4.69) is 41.7 Å². The van der Waals surface area contributed by atoms with Crippen LogP contribution in [0.15, 0.2) is 29.3 Å². The van der Waals surface area contributed by atoms with Crippen molar-refractivity contribution in [1.29, 1.82) is 0 Å². The van der Waals surface area contributed by atoms with E-state index in [1.54, 1.807) is 6.07 Å². The lowest BCUT2D eigenvalue weighted by molar-refractivity contribution is -0.114. The molecule has 0 fully saturated rings. The molecule has 1 atom stereocenters. The Morgan fingerprint density at radius 3 is 2.60 bits per heavy atom. The smallest absolute Gasteiger partial charge is 0.221 e. The molecule has 0 radical (unpaired) electrons. The molecule has 0 saturated heterocycles. The average molecular weight is 462 g/mol. The Morgan fingerprint density at radius 2 is 2.00 bits per heavy atom. The quantitative estimate of drug-likeness (QED) is 0.240. The summed E-state index contributed by atoms with van der Waals surface area (Å²) in [6.07, 6.45) is 0. The van der Waals surface area contributed by atoms with Crippen LogP contribution in [0.4, 0.5) is 5.69 Å². The van der Waals surface area contributed by atoms with E-state index in [0.717, 1.165) is 18.2 Å². The summed E-state index contributed by atoms with van der Waals surface area (Å²) in [5, 5.41) is 9.35. The summed E-state index contributed by atoms with van der Waals surface area (Å²) in [6, 6.07) is 7.68. The molecule has 1 rings (SSSR count). The minimum Gasteiger partial charge on any atom is -0.492 e. The van der Waals surface area contributed by atoms with Crippen LogP contribution in [-0.4, -0.2) is 37.6 Å². The van der Waals surface area contributed by atoms with Gasteiger partial charge in [-0.25, -0.2) is 4.99 Å². The van der Waals surface area contributed by atoms with Crippen LogP contribution in [0.25, 0.3) is 0 Å². The predicted octanol–water partition coefficient (Wildman–Crippen LogP) is 3.24. The van der Waals surface area contributed by atoms with Crippen molar-refractivity contribution in [2.24, 2.45) is 10.9 Å². The van der Waals surface area contributed by atoms with Crippen LogP contribution >= 0.6 is 24.0 Å². The Kier molecular flexibility index (Phi) is 12.0. The fourth-order valence-corrected chi connectivity index (χ4v) is 1.89. The molecule has 6 nitrogen and oxygen atoms in total. The molecule has 25 heavy (non-hydrogen) atoms. The number of aliphatic imine (C=N–C) groups is 1. The van der Waals surface area contributed by atoms with Crippen molar-refractivity contribution in [2.45, 2.75) is 40.7 Å². The maximum Gasteiger partial charge on any atom is 0.221 e. The van der Waals surface area contributed by atoms with Crippen LogP contribution in [0.5, 0.6) is 5.75 Å². The summed E-state index contributed by atoms with van der Waals surface area (Å²) in [7, 11) is 0. The molecule has 0 aliphatic heterocycles. The molecule has 7 heteroatoms. The number of halogens is 1. The van der Waals surface area contributed by atoms with E-state index in [0.29, 0.717) is 30.9 Å². The van der Waals surface area contributed by atoms with Gasteiger partial charge in [0.05, 0.1) is 6.54 Å². The van der Waals surface area contributed by atoms with Crippen molar-refractivity contribution in [3.63, 3.8) is 0 Å². The molecule has 0 bridgehead atoms. The van der Waals surface area contributed by atoms with Gasteiger partial charge >= 0.3 is 0 Å². The molecule has 0 aliphatic rings. The maximum absolute atomic E-state index is 11.1. The first-order chi connectivity index (χ1) is 11.4. The Balaban J connectivity index is 0.00000576. The molecule has 0 spiro atoms. The van der Waals surface area contributed by atoms with Crippen LogP contribution in [-0.2, 0) is 4.79 Å². The minimum absolute atomic E-state index is 0. The molecule has 142 valence electrons. The van der Waals surface area contributed by atoms with Crippen LogP contribution < -0.4 is 20.7 Å². The van der Waals surface area contributed by atoms with Gasteiger partial charge in [-0.1, -0.05) is 19.9 Å². The van der Waals surface area contributed by atoms with E-state index >= 15 is 0 Å². The second-order valence-corrected chi connectivity index (χ2v) is 6.00. The van der Waals surface area contributed by atoms with Crippen LogP contribution in [0.3, 0.4) is 0 Å². The van der Waals surface area contributed by atoms with Crippen molar-refractivity contribution in [2.75, 3.05) is 25.0 Å². The van der Waals surface area contributed by atoms with Gasteiger partial charge in [0.15, 0.2) is 5.96 Å². The zero-order valence-electron chi connectivity index (χ0n) is 15.8. The highest BCUT2D eigenvalue weighted by molar-refractivity contribution is 14.0. The lowest BCUT2D eigenvalue weighted by Gasteiger charge is -2.20. The molecule has 3 N–H and O–H groups in total. The number of anilines is 1. The summed E-state index contributed by atoms with van der Waals surface area (Å²) in [5.41, 5.74) is 0.726. The number of benzene rings is 1. The normalized spacial score (nSPS) is 12.2. The SMILES string of the molecule is CCNC(=NCCOc1cccc(NC(C)=O)c1)NC(C)C(C)C.I. The van der Waals surface area contributed by atoms with E-state index in [4.69, 9.17) is 4.74 Å². The highest BCUT2D eigenvalue weighted by Crippen LogP contribution is 2.17. The van der Waals surface area contributed by atoms with Crippen LogP contribution in [0, 0.1) is 5.92 Å². The molecule has 0 heterocycles. The second-order valence-electron chi connectivity index (χ2n) is 6.00. The number of guanidine groups is 1. The van der Waals surface area contributed by atoms with Crippen LogP contribution in [0.2, 0.25) is 0 Å². The molecule has 0 saturated carbocycles. The fraction of sp³-hybridized carbons (Fsp3) is 0.556. The second kappa shape index (κ2) is 12.8. The zero-order valence-corrected chi connectivity index (χ0v) is 18.1. The number of carbonyl (C=O) groups excluding carboxylic acids is 1. The van der Waals surface area contributed by atoms with E-state index in [1.165, 1.54) is 6.92 Å². The lowest BCUT2D eigenvalue weighted by atomic mass is 10.1. The van der Waals surface area contributed by atoms with Crippen molar-refractivity contribution < 1.29 is 9.53 Å². The van der Waals surface area contributed by atoms with Gasteiger partial charge in [0.2, 0.25) is 5.91 Å². The summed E-state index contributed by atoms with van der Waals surface area (Å²) in [4.78, 5) is 15.6. The third kappa shape index (κ3) is 10.2. The minimum atomic E-state index is -0.0996. The van der Waals surface area contributed by atoms with E-state index in [9.17, 15) is 4.79 Å². The number of ether oxygens (including phenoxy) is 1. The average Bonchev–Trinajstić information content (AvgIpc) is 2.51. The molecule has 1 unspecified atom stereocenters. The fourth-order valence-electron chi connectivity index (χ4n) is 1.89. The number of carbonyl (C=O) groups is 1. The first-order valence-corrected chi connectivity index (χ1v) is 8.47. The monoisotopic (exact) mass is 462 g/mol. The highest BCUT2D eigenvalue weighted by Gasteiger charge is 2.08. The summed E-state index contributed by atoms with van der Waals surface area (Å²) in [5.74, 6) is 1.94. The van der Waals surface area contributed by atoms with Gasteiger partial charge in [-0.05, 0) is 31.9 Å². The van der Waals surface area contributed by atoms with Crippen LogP contribution in [0.1, 0.15) is 34.6 Å². The molecule has 0 aromatic heterocycles. The van der Waals surface area contributed by atoms with Gasteiger partial charge in [0, 0.05) is 31.3 Å². The molecule has 1 amide bonds. The number of rotatable bonds is 8. The Bertz CT molecular complexity index is 550. The Hall–Kier alpha value is -1.51. The molecule has 1 aromatic rings. The van der Waals surface area contributed by atoms with E-state index in [-0.39, 0.29) is 29.9 Å². The third-order valence-corrected chi connectivity index (χ3v) is 3.49. The Labute approximate surface area is 168 Å². The van der Waals surface area contributed by atoms with Gasteiger partial charge < -0.3 is 20.7 Å². The van der Waals surface area contributed by atoms with Gasteiger partial charge in [0.1, 0.15) is 12.4 Å². The summed E-state index contributed by atoms with van der Waals surface area (Å²) < 4.78 is 5.70. The molecular formula is C18H31IN4O2. The van der Waals surface area contributed by atoms with Gasteiger partial charge in [-0.15, -0.1) is 24.0 Å². The standard InChI is InChI=1S/C18H30N4O2.HI/c1-6-19-18(21-14(4)13(2)3)20-10-11-24-17-9-7-8-16(12-17)22-15(5)23;/h7-9,12-14H,6,10-11H2,1-5H3,(H,22,23)(H2,19,20,21);1H. The molecule has 0 aliphatic carbocycles. The molecule has 1 aromatic carbocycles. The number of hydrogen-bond donors (Lipinski definition) is 3. The number of hydrogen-bond acceptors (Lipinski definition) is 3.